The van der Waals surface area contributed by atoms with Crippen LogP contribution in [0.3, 0.4) is 0 Å². The van der Waals surface area contributed by atoms with Gasteiger partial charge in [0.05, 0.1) is 13.2 Å². The molecule has 1 aliphatic heterocycles. The summed E-state index contributed by atoms with van der Waals surface area (Å²) in [5.41, 5.74) is 10.2. The molecule has 0 bridgehead atoms. The Kier molecular flexibility index (Phi) is 6.25. The highest BCUT2D eigenvalue weighted by Crippen LogP contribution is 2.27. The predicted molar refractivity (Wildman–Crippen MR) is 106 cm³/mol. The number of benzene rings is 1. The molecule has 3 rings (SSSR count). The van der Waals surface area contributed by atoms with E-state index in [-0.39, 0.29) is 0 Å². The van der Waals surface area contributed by atoms with E-state index in [4.69, 9.17) is 10.5 Å². The average molecular weight is 356 g/mol. The molecule has 1 fully saturated rings. The summed E-state index contributed by atoms with van der Waals surface area (Å²) in [5, 5.41) is 6.64. The third-order valence-electron chi connectivity index (χ3n) is 4.57. The van der Waals surface area contributed by atoms with E-state index in [1.807, 2.05) is 6.07 Å². The first-order valence-corrected chi connectivity index (χ1v) is 9.12. The van der Waals surface area contributed by atoms with Gasteiger partial charge in [0.25, 0.3) is 0 Å². The molecular weight excluding hydrogens is 328 g/mol. The lowest BCUT2D eigenvalue weighted by molar-refractivity contribution is 0.0378. The Morgan fingerprint density at radius 2 is 1.92 bits per heavy atom. The molecule has 0 saturated carbocycles. The number of ether oxygens (including phenoxy) is 1. The number of hydrogen-bond donors (Lipinski definition) is 3. The van der Waals surface area contributed by atoms with Crippen LogP contribution in [0.1, 0.15) is 17.5 Å². The Labute approximate surface area is 155 Å². The lowest BCUT2D eigenvalue weighted by Gasteiger charge is -2.26. The summed E-state index contributed by atoms with van der Waals surface area (Å²) in [5.74, 6) is 1.30. The Morgan fingerprint density at radius 1 is 1.15 bits per heavy atom. The number of rotatable bonds is 7. The molecule has 26 heavy (non-hydrogen) atoms. The van der Waals surface area contributed by atoms with Crippen molar-refractivity contribution in [3.8, 4) is 0 Å². The lowest BCUT2D eigenvalue weighted by Crippen LogP contribution is -2.37. The van der Waals surface area contributed by atoms with Crippen molar-refractivity contribution in [2.45, 2.75) is 20.3 Å². The van der Waals surface area contributed by atoms with Crippen LogP contribution in [0, 0.1) is 13.8 Å². The van der Waals surface area contributed by atoms with Crippen LogP contribution in [0.25, 0.3) is 0 Å². The fourth-order valence-electron chi connectivity index (χ4n) is 3.05. The molecule has 7 nitrogen and oxygen atoms in total. The first kappa shape index (κ1) is 18.4. The molecule has 1 aromatic heterocycles. The largest absolute Gasteiger partial charge is 0.393 e. The number of nitrogens with zero attached hydrogens (tertiary/aromatic N) is 3. The van der Waals surface area contributed by atoms with Gasteiger partial charge >= 0.3 is 0 Å². The minimum atomic E-state index is 0.541. The number of anilines is 4. The normalized spacial score (nSPS) is 15.0. The van der Waals surface area contributed by atoms with Crippen molar-refractivity contribution in [2.24, 2.45) is 0 Å². The maximum Gasteiger partial charge on any atom is 0.159 e. The zero-order valence-corrected chi connectivity index (χ0v) is 15.6. The van der Waals surface area contributed by atoms with E-state index in [1.165, 1.54) is 11.9 Å². The Morgan fingerprint density at radius 3 is 2.69 bits per heavy atom. The Bertz CT molecular complexity index is 730. The molecule has 4 N–H and O–H groups in total. The van der Waals surface area contributed by atoms with E-state index >= 15 is 0 Å². The van der Waals surface area contributed by atoms with Crippen molar-refractivity contribution >= 4 is 23.0 Å². The smallest absolute Gasteiger partial charge is 0.159 e. The first-order valence-electron chi connectivity index (χ1n) is 9.12. The molecule has 0 radical (unpaired) electrons. The third-order valence-corrected chi connectivity index (χ3v) is 4.57. The van der Waals surface area contributed by atoms with Gasteiger partial charge in [-0.3, -0.25) is 4.90 Å². The number of morpholine rings is 1. The number of nitrogen functional groups attached to an aromatic ring is 1. The number of aryl methyl sites for hydroxylation is 2. The van der Waals surface area contributed by atoms with Gasteiger partial charge in [0.2, 0.25) is 0 Å². The van der Waals surface area contributed by atoms with Crippen molar-refractivity contribution in [3.05, 3.63) is 35.7 Å². The predicted octanol–water partition coefficient (Wildman–Crippen LogP) is 2.55. The number of hydrogen-bond acceptors (Lipinski definition) is 7. The average Bonchev–Trinajstić information content (AvgIpc) is 2.64. The number of nitrogens with two attached hydrogens (primary N) is 1. The molecule has 0 unspecified atom stereocenters. The fourth-order valence-corrected chi connectivity index (χ4v) is 3.05. The Balaban J connectivity index is 1.56. The van der Waals surface area contributed by atoms with Gasteiger partial charge in [-0.1, -0.05) is 17.7 Å². The zero-order valence-electron chi connectivity index (χ0n) is 15.6. The SMILES string of the molecule is Cc1ccc(Nc2ncnc(NCCCN3CCOCC3)c2N)c(C)c1. The van der Waals surface area contributed by atoms with E-state index < -0.39 is 0 Å². The second kappa shape index (κ2) is 8.82. The molecule has 1 saturated heterocycles. The summed E-state index contributed by atoms with van der Waals surface area (Å²) in [4.78, 5) is 11.0. The third kappa shape index (κ3) is 4.83. The van der Waals surface area contributed by atoms with Gasteiger partial charge in [-0.2, -0.15) is 0 Å². The van der Waals surface area contributed by atoms with Gasteiger partial charge in [0, 0.05) is 25.3 Å². The van der Waals surface area contributed by atoms with Crippen molar-refractivity contribution in [3.63, 3.8) is 0 Å². The maximum absolute atomic E-state index is 6.26. The van der Waals surface area contributed by atoms with Crippen molar-refractivity contribution in [1.29, 1.82) is 0 Å². The number of nitrogens with one attached hydrogen (secondary N) is 2. The quantitative estimate of drug-likeness (QED) is 0.657. The second-order valence-corrected chi connectivity index (χ2v) is 6.66. The van der Waals surface area contributed by atoms with Gasteiger partial charge in [0.15, 0.2) is 11.6 Å². The lowest BCUT2D eigenvalue weighted by atomic mass is 10.1. The summed E-state index contributed by atoms with van der Waals surface area (Å²) < 4.78 is 5.37. The molecule has 0 atom stereocenters. The second-order valence-electron chi connectivity index (χ2n) is 6.66. The molecule has 0 spiro atoms. The van der Waals surface area contributed by atoms with Crippen LogP contribution in [0.15, 0.2) is 24.5 Å². The fraction of sp³-hybridized carbons (Fsp3) is 0.474. The molecule has 0 aliphatic carbocycles. The van der Waals surface area contributed by atoms with Gasteiger partial charge < -0.3 is 21.1 Å². The maximum atomic E-state index is 6.26. The van der Waals surface area contributed by atoms with E-state index in [2.05, 4.69) is 51.5 Å². The van der Waals surface area contributed by atoms with Crippen molar-refractivity contribution < 1.29 is 4.74 Å². The molecule has 2 aromatic rings. The number of aromatic nitrogens is 2. The van der Waals surface area contributed by atoms with Gasteiger partial charge in [-0.05, 0) is 38.4 Å². The molecule has 1 aromatic carbocycles. The van der Waals surface area contributed by atoms with E-state index in [9.17, 15) is 0 Å². The van der Waals surface area contributed by atoms with Gasteiger partial charge in [0.1, 0.15) is 12.0 Å². The van der Waals surface area contributed by atoms with Crippen molar-refractivity contribution in [2.75, 3.05) is 55.8 Å². The van der Waals surface area contributed by atoms with Crippen LogP contribution in [0.4, 0.5) is 23.0 Å². The van der Waals surface area contributed by atoms with Crippen LogP contribution in [0.2, 0.25) is 0 Å². The van der Waals surface area contributed by atoms with Crippen LogP contribution in [0.5, 0.6) is 0 Å². The highest BCUT2D eigenvalue weighted by atomic mass is 16.5. The molecule has 7 heteroatoms. The van der Waals surface area contributed by atoms with Crippen LogP contribution in [-0.2, 0) is 4.74 Å². The molecule has 0 amide bonds. The van der Waals surface area contributed by atoms with Gasteiger partial charge in [-0.15, -0.1) is 0 Å². The van der Waals surface area contributed by atoms with E-state index in [0.717, 1.165) is 57.1 Å². The van der Waals surface area contributed by atoms with Crippen LogP contribution in [-0.4, -0.2) is 54.3 Å². The summed E-state index contributed by atoms with van der Waals surface area (Å²) in [6.45, 7) is 9.71. The summed E-state index contributed by atoms with van der Waals surface area (Å²) >= 11 is 0. The highest BCUT2D eigenvalue weighted by Gasteiger charge is 2.11. The minimum Gasteiger partial charge on any atom is -0.393 e. The summed E-state index contributed by atoms with van der Waals surface area (Å²) in [6.07, 6.45) is 2.57. The summed E-state index contributed by atoms with van der Waals surface area (Å²) in [7, 11) is 0. The molecule has 140 valence electrons. The first-order chi connectivity index (χ1) is 12.6. The topological polar surface area (TPSA) is 88.3 Å². The zero-order chi connectivity index (χ0) is 18.4. The van der Waals surface area contributed by atoms with E-state index in [0.29, 0.717) is 17.3 Å². The standard InChI is InChI=1S/C19H28N6O/c1-14-4-5-16(15(2)12-14)24-19-17(20)18(22-13-23-19)21-6-3-7-25-8-10-26-11-9-25/h4-5,12-13H,3,6-11,20H2,1-2H3,(H2,21,22,23,24). The van der Waals surface area contributed by atoms with Crippen LogP contribution < -0.4 is 16.4 Å². The van der Waals surface area contributed by atoms with Crippen molar-refractivity contribution in [1.82, 2.24) is 14.9 Å². The molecule has 1 aliphatic rings. The Hall–Kier alpha value is -2.38. The minimum absolute atomic E-state index is 0.541. The molecule has 2 heterocycles. The highest BCUT2D eigenvalue weighted by molar-refractivity contribution is 5.78. The monoisotopic (exact) mass is 356 g/mol. The van der Waals surface area contributed by atoms with Gasteiger partial charge in [-0.25, -0.2) is 9.97 Å². The van der Waals surface area contributed by atoms with E-state index in [1.54, 1.807) is 0 Å². The summed E-state index contributed by atoms with van der Waals surface area (Å²) in [6, 6.07) is 6.24. The van der Waals surface area contributed by atoms with Crippen LogP contribution >= 0.6 is 0 Å². The molecular formula is C19H28N6O.